The van der Waals surface area contributed by atoms with Gasteiger partial charge in [0, 0.05) is 29.6 Å². The van der Waals surface area contributed by atoms with Crippen molar-refractivity contribution in [3.63, 3.8) is 0 Å². The van der Waals surface area contributed by atoms with Crippen molar-refractivity contribution in [1.82, 2.24) is 15.0 Å². The Morgan fingerprint density at radius 2 is 1.96 bits per heavy atom. The Bertz CT molecular complexity index is 1110. The van der Waals surface area contributed by atoms with Gasteiger partial charge in [-0.15, -0.1) is 0 Å². The number of nitrogens with zero attached hydrogens (tertiary/aromatic N) is 3. The van der Waals surface area contributed by atoms with Crippen molar-refractivity contribution >= 4 is 33.5 Å². The number of hydrogen-bond acceptors (Lipinski definition) is 5. The summed E-state index contributed by atoms with van der Waals surface area (Å²) in [5.41, 5.74) is 3.39. The normalized spacial score (nSPS) is 11.2. The second-order valence-corrected chi connectivity index (χ2v) is 6.49. The molecule has 4 rings (SSSR count). The van der Waals surface area contributed by atoms with Crippen molar-refractivity contribution in [2.45, 2.75) is 13.5 Å². The van der Waals surface area contributed by atoms with E-state index in [1.165, 1.54) is 6.33 Å². The van der Waals surface area contributed by atoms with E-state index in [0.717, 1.165) is 27.7 Å². The number of fused-ring (bicyclic) bond motifs is 3. The Hall–Kier alpha value is -3.25. The van der Waals surface area contributed by atoms with Gasteiger partial charge >= 0.3 is 0 Å². The van der Waals surface area contributed by atoms with Crippen molar-refractivity contribution < 1.29 is 9.90 Å². The summed E-state index contributed by atoms with van der Waals surface area (Å²) in [6.45, 7) is 2.63. The predicted octanol–water partition coefficient (Wildman–Crippen LogP) is 3.31. The molecule has 27 heavy (non-hydrogen) atoms. The molecule has 0 fully saturated rings. The standard InChI is InChI=1S/C21H20N4O2/c1-14(27)16-7-8-18-17(11-16)19-20(24-18)22-13-23-21(19)25(9-10-26)12-15-5-3-2-4-6-15/h2-8,11,13,26H,9-10,12H2,1H3,(H,22,23,24). The monoisotopic (exact) mass is 360 g/mol. The first kappa shape index (κ1) is 17.2. The maximum Gasteiger partial charge on any atom is 0.159 e. The molecule has 0 amide bonds. The number of carbonyl (C=O) groups excluding carboxylic acids is 1. The zero-order chi connectivity index (χ0) is 18.8. The van der Waals surface area contributed by atoms with E-state index >= 15 is 0 Å². The van der Waals surface area contributed by atoms with Gasteiger partial charge in [-0.2, -0.15) is 0 Å². The van der Waals surface area contributed by atoms with Crippen LogP contribution >= 0.6 is 0 Å². The Labute approximate surface area is 156 Å². The number of aromatic amines is 1. The van der Waals surface area contributed by atoms with Gasteiger partial charge in [-0.3, -0.25) is 4.79 Å². The van der Waals surface area contributed by atoms with E-state index in [9.17, 15) is 9.90 Å². The summed E-state index contributed by atoms with van der Waals surface area (Å²) < 4.78 is 0. The maximum absolute atomic E-state index is 11.8. The molecule has 0 atom stereocenters. The molecule has 0 aliphatic heterocycles. The number of hydrogen-bond donors (Lipinski definition) is 2. The highest BCUT2D eigenvalue weighted by Gasteiger charge is 2.17. The van der Waals surface area contributed by atoms with Crippen LogP contribution in [0.5, 0.6) is 0 Å². The molecule has 4 aromatic rings. The zero-order valence-electron chi connectivity index (χ0n) is 15.0. The molecule has 0 aliphatic carbocycles. The molecule has 2 aromatic carbocycles. The third-order valence-corrected chi connectivity index (χ3v) is 4.66. The molecular weight excluding hydrogens is 340 g/mol. The fourth-order valence-corrected chi connectivity index (χ4v) is 3.35. The van der Waals surface area contributed by atoms with Gasteiger partial charge in [0.15, 0.2) is 5.78 Å². The molecule has 0 saturated carbocycles. The Morgan fingerprint density at radius 3 is 2.70 bits per heavy atom. The van der Waals surface area contributed by atoms with Gasteiger partial charge in [0.1, 0.15) is 17.8 Å². The van der Waals surface area contributed by atoms with E-state index in [0.29, 0.717) is 24.3 Å². The highest BCUT2D eigenvalue weighted by Crippen LogP contribution is 2.32. The topological polar surface area (TPSA) is 82.1 Å². The minimum Gasteiger partial charge on any atom is -0.395 e. The lowest BCUT2D eigenvalue weighted by molar-refractivity contribution is 0.101. The van der Waals surface area contributed by atoms with Crippen LogP contribution in [0, 0.1) is 0 Å². The van der Waals surface area contributed by atoms with Crippen molar-refractivity contribution in [3.8, 4) is 0 Å². The fraction of sp³-hybridized carbons (Fsp3) is 0.190. The van der Waals surface area contributed by atoms with Crippen molar-refractivity contribution in [1.29, 1.82) is 0 Å². The number of H-pyrrole nitrogens is 1. The van der Waals surface area contributed by atoms with Crippen LogP contribution in [-0.2, 0) is 6.54 Å². The lowest BCUT2D eigenvalue weighted by Gasteiger charge is -2.23. The van der Waals surface area contributed by atoms with E-state index in [1.54, 1.807) is 6.92 Å². The maximum atomic E-state index is 11.8. The minimum atomic E-state index is 0.0133. The van der Waals surface area contributed by atoms with Crippen LogP contribution in [0.15, 0.2) is 54.9 Å². The van der Waals surface area contributed by atoms with E-state index in [1.807, 2.05) is 53.4 Å². The summed E-state index contributed by atoms with van der Waals surface area (Å²) in [5.74, 6) is 0.756. The Morgan fingerprint density at radius 1 is 1.15 bits per heavy atom. The summed E-state index contributed by atoms with van der Waals surface area (Å²) in [6.07, 6.45) is 1.52. The van der Waals surface area contributed by atoms with E-state index < -0.39 is 0 Å². The molecule has 0 saturated heterocycles. The quantitative estimate of drug-likeness (QED) is 0.516. The van der Waals surface area contributed by atoms with Crippen LogP contribution in [0.4, 0.5) is 5.82 Å². The van der Waals surface area contributed by atoms with Gasteiger partial charge in [0.2, 0.25) is 0 Å². The molecule has 0 radical (unpaired) electrons. The summed E-state index contributed by atoms with van der Waals surface area (Å²) in [7, 11) is 0. The Kier molecular flexibility index (Phi) is 4.56. The number of aromatic nitrogens is 3. The lowest BCUT2D eigenvalue weighted by atomic mass is 10.1. The largest absolute Gasteiger partial charge is 0.395 e. The van der Waals surface area contributed by atoms with Crippen LogP contribution in [0.2, 0.25) is 0 Å². The summed E-state index contributed by atoms with van der Waals surface area (Å²) >= 11 is 0. The number of Topliss-reactive ketones (excluding diaryl/α,β-unsaturated/α-hetero) is 1. The number of nitrogens with one attached hydrogen (secondary N) is 1. The van der Waals surface area contributed by atoms with Gasteiger partial charge in [-0.25, -0.2) is 9.97 Å². The molecule has 0 spiro atoms. The second-order valence-electron chi connectivity index (χ2n) is 6.49. The third-order valence-electron chi connectivity index (χ3n) is 4.66. The van der Waals surface area contributed by atoms with Gasteiger partial charge in [-0.1, -0.05) is 30.3 Å². The first-order valence-electron chi connectivity index (χ1n) is 8.84. The van der Waals surface area contributed by atoms with Gasteiger partial charge in [0.25, 0.3) is 0 Å². The highest BCUT2D eigenvalue weighted by atomic mass is 16.3. The second kappa shape index (κ2) is 7.17. The molecule has 0 unspecified atom stereocenters. The molecule has 2 N–H and O–H groups in total. The number of aliphatic hydroxyl groups is 1. The van der Waals surface area contributed by atoms with E-state index in [-0.39, 0.29) is 12.4 Å². The molecule has 136 valence electrons. The molecule has 6 heteroatoms. The van der Waals surface area contributed by atoms with Gasteiger partial charge in [0.05, 0.1) is 12.0 Å². The highest BCUT2D eigenvalue weighted by molar-refractivity contribution is 6.13. The lowest BCUT2D eigenvalue weighted by Crippen LogP contribution is -2.27. The summed E-state index contributed by atoms with van der Waals surface area (Å²) in [5, 5.41) is 11.4. The number of aliphatic hydroxyl groups excluding tert-OH is 1. The molecule has 0 aliphatic rings. The smallest absolute Gasteiger partial charge is 0.159 e. The SMILES string of the molecule is CC(=O)c1ccc2[nH]c3ncnc(N(CCO)Cc4ccccc4)c3c2c1. The average molecular weight is 360 g/mol. The van der Waals surface area contributed by atoms with Crippen molar-refractivity contribution in [2.75, 3.05) is 18.1 Å². The number of benzene rings is 2. The van der Waals surface area contributed by atoms with Gasteiger partial charge < -0.3 is 15.0 Å². The van der Waals surface area contributed by atoms with Crippen LogP contribution in [0.25, 0.3) is 21.9 Å². The molecule has 6 nitrogen and oxygen atoms in total. The average Bonchev–Trinajstić information content (AvgIpc) is 3.06. The van der Waals surface area contributed by atoms with Crippen LogP contribution < -0.4 is 4.90 Å². The number of anilines is 1. The molecular formula is C21H20N4O2. The van der Waals surface area contributed by atoms with Crippen LogP contribution in [0.3, 0.4) is 0 Å². The van der Waals surface area contributed by atoms with Crippen molar-refractivity contribution in [3.05, 3.63) is 66.0 Å². The fourth-order valence-electron chi connectivity index (χ4n) is 3.35. The van der Waals surface area contributed by atoms with E-state index in [4.69, 9.17) is 0 Å². The minimum absolute atomic E-state index is 0.0133. The number of ketones is 1. The predicted molar refractivity (Wildman–Crippen MR) is 106 cm³/mol. The summed E-state index contributed by atoms with van der Waals surface area (Å²) in [4.78, 5) is 26.0. The third kappa shape index (κ3) is 3.27. The molecule has 2 heterocycles. The zero-order valence-corrected chi connectivity index (χ0v) is 15.0. The van der Waals surface area contributed by atoms with E-state index in [2.05, 4.69) is 15.0 Å². The number of rotatable bonds is 6. The van der Waals surface area contributed by atoms with Crippen molar-refractivity contribution in [2.24, 2.45) is 0 Å². The van der Waals surface area contributed by atoms with Crippen LogP contribution in [0.1, 0.15) is 22.8 Å². The van der Waals surface area contributed by atoms with Gasteiger partial charge in [-0.05, 0) is 30.7 Å². The first-order valence-corrected chi connectivity index (χ1v) is 8.84. The molecule has 2 aromatic heterocycles. The summed E-state index contributed by atoms with van der Waals surface area (Å²) in [6, 6.07) is 15.6. The Balaban J connectivity index is 1.89. The molecule has 0 bridgehead atoms. The number of carbonyl (C=O) groups is 1. The van der Waals surface area contributed by atoms with Crippen LogP contribution in [-0.4, -0.2) is 39.0 Å². The first-order chi connectivity index (χ1) is 13.2.